The topological polar surface area (TPSA) is 37.8 Å². The van der Waals surface area contributed by atoms with Gasteiger partial charge in [-0.25, -0.2) is 4.98 Å². The zero-order chi connectivity index (χ0) is 10.7. The molecule has 0 bridgehead atoms. The van der Waals surface area contributed by atoms with E-state index in [0.29, 0.717) is 6.04 Å². The highest BCUT2D eigenvalue weighted by atomic mass is 15.0. The lowest BCUT2D eigenvalue weighted by molar-refractivity contribution is 0.253. The third-order valence-electron chi connectivity index (χ3n) is 3.60. The number of aromatic nitrogens is 2. The molecule has 3 nitrogen and oxygen atoms in total. The first-order valence-corrected chi connectivity index (χ1v) is 5.80. The van der Waals surface area contributed by atoms with Crippen LogP contribution in [0.4, 0.5) is 5.82 Å². The van der Waals surface area contributed by atoms with E-state index in [1.807, 2.05) is 0 Å². The summed E-state index contributed by atoms with van der Waals surface area (Å²) in [5.41, 5.74) is 0. The van der Waals surface area contributed by atoms with Crippen molar-refractivity contribution in [3.63, 3.8) is 0 Å². The van der Waals surface area contributed by atoms with Crippen molar-refractivity contribution in [2.45, 2.75) is 39.2 Å². The van der Waals surface area contributed by atoms with Crippen LogP contribution >= 0.6 is 0 Å². The van der Waals surface area contributed by atoms with E-state index in [9.17, 15) is 0 Å². The molecule has 2 rings (SSSR count). The van der Waals surface area contributed by atoms with Crippen LogP contribution < -0.4 is 5.32 Å². The Hall–Kier alpha value is -1.12. The highest BCUT2D eigenvalue weighted by Crippen LogP contribution is 2.30. The van der Waals surface area contributed by atoms with Gasteiger partial charge in [0.2, 0.25) is 0 Å². The summed E-state index contributed by atoms with van der Waals surface area (Å²) in [5.74, 6) is 2.44. The third-order valence-corrected chi connectivity index (χ3v) is 3.60. The Bertz CT molecular complexity index is 299. The molecule has 1 N–H and O–H groups in total. The standard InChI is InChI=1S/C12H19N3/c1-9-4-3-5-11(10(9)2)15-12-8-13-6-7-14-12/h6-11H,3-5H2,1-2H3,(H,14,15). The van der Waals surface area contributed by atoms with Gasteiger partial charge >= 0.3 is 0 Å². The molecule has 1 aliphatic rings. The van der Waals surface area contributed by atoms with Gasteiger partial charge in [0, 0.05) is 18.4 Å². The minimum Gasteiger partial charge on any atom is -0.366 e. The van der Waals surface area contributed by atoms with Crippen LogP contribution in [0.5, 0.6) is 0 Å². The molecule has 0 saturated heterocycles. The second-order valence-corrected chi connectivity index (χ2v) is 4.61. The Labute approximate surface area is 91.3 Å². The van der Waals surface area contributed by atoms with Crippen LogP contribution in [-0.4, -0.2) is 16.0 Å². The Balaban J connectivity index is 1.99. The van der Waals surface area contributed by atoms with Gasteiger partial charge in [-0.2, -0.15) is 0 Å². The zero-order valence-electron chi connectivity index (χ0n) is 9.48. The quantitative estimate of drug-likeness (QED) is 0.806. The van der Waals surface area contributed by atoms with Crippen LogP contribution in [0, 0.1) is 11.8 Å². The number of nitrogens with zero attached hydrogens (tertiary/aromatic N) is 2. The van der Waals surface area contributed by atoms with E-state index in [1.165, 1.54) is 19.3 Å². The minimum absolute atomic E-state index is 0.561. The fourth-order valence-corrected chi connectivity index (χ4v) is 2.35. The summed E-state index contributed by atoms with van der Waals surface area (Å²) in [6, 6.07) is 0.561. The summed E-state index contributed by atoms with van der Waals surface area (Å²) in [7, 11) is 0. The van der Waals surface area contributed by atoms with Crippen molar-refractivity contribution in [2.75, 3.05) is 5.32 Å². The molecule has 82 valence electrons. The lowest BCUT2D eigenvalue weighted by Gasteiger charge is -2.34. The van der Waals surface area contributed by atoms with Gasteiger partial charge in [0.25, 0.3) is 0 Å². The van der Waals surface area contributed by atoms with Gasteiger partial charge in [0.05, 0.1) is 6.20 Å². The second kappa shape index (κ2) is 4.60. The largest absolute Gasteiger partial charge is 0.366 e. The average molecular weight is 205 g/mol. The Morgan fingerprint density at radius 3 is 2.87 bits per heavy atom. The van der Waals surface area contributed by atoms with Gasteiger partial charge in [-0.3, -0.25) is 4.98 Å². The Morgan fingerprint density at radius 2 is 2.13 bits per heavy atom. The maximum absolute atomic E-state index is 4.26. The van der Waals surface area contributed by atoms with Gasteiger partial charge < -0.3 is 5.32 Å². The van der Waals surface area contributed by atoms with E-state index in [4.69, 9.17) is 0 Å². The highest BCUT2D eigenvalue weighted by Gasteiger charge is 2.26. The number of rotatable bonds is 2. The van der Waals surface area contributed by atoms with Crippen molar-refractivity contribution in [1.29, 1.82) is 0 Å². The molecule has 1 fully saturated rings. The molecular weight excluding hydrogens is 186 g/mol. The summed E-state index contributed by atoms with van der Waals surface area (Å²) in [6.07, 6.45) is 9.18. The van der Waals surface area contributed by atoms with Crippen LogP contribution in [0.1, 0.15) is 33.1 Å². The van der Waals surface area contributed by atoms with E-state index in [0.717, 1.165) is 17.7 Å². The van der Waals surface area contributed by atoms with Crippen LogP contribution in [0.25, 0.3) is 0 Å². The molecule has 0 spiro atoms. The number of hydrogen-bond acceptors (Lipinski definition) is 3. The van der Waals surface area contributed by atoms with Crippen molar-refractivity contribution >= 4 is 5.82 Å². The van der Waals surface area contributed by atoms with E-state index in [-0.39, 0.29) is 0 Å². The molecule has 3 unspecified atom stereocenters. The van der Waals surface area contributed by atoms with Crippen LogP contribution in [0.3, 0.4) is 0 Å². The van der Waals surface area contributed by atoms with Gasteiger partial charge in [-0.1, -0.05) is 26.7 Å². The Morgan fingerprint density at radius 1 is 1.27 bits per heavy atom. The average Bonchev–Trinajstić information content (AvgIpc) is 2.26. The molecule has 3 atom stereocenters. The molecule has 1 aromatic rings. The molecule has 0 amide bonds. The predicted molar refractivity (Wildman–Crippen MR) is 61.6 cm³/mol. The number of anilines is 1. The van der Waals surface area contributed by atoms with Crippen LogP contribution in [-0.2, 0) is 0 Å². The third kappa shape index (κ3) is 2.46. The molecule has 0 aromatic carbocycles. The first-order valence-electron chi connectivity index (χ1n) is 5.80. The van der Waals surface area contributed by atoms with Gasteiger partial charge in [-0.05, 0) is 18.3 Å². The Kier molecular flexibility index (Phi) is 3.19. The van der Waals surface area contributed by atoms with E-state index >= 15 is 0 Å². The van der Waals surface area contributed by atoms with Crippen molar-refractivity contribution in [1.82, 2.24) is 9.97 Å². The maximum atomic E-state index is 4.26. The van der Waals surface area contributed by atoms with Gasteiger partial charge in [0.15, 0.2) is 0 Å². The number of hydrogen-bond donors (Lipinski definition) is 1. The first-order chi connectivity index (χ1) is 7.27. The van der Waals surface area contributed by atoms with Crippen molar-refractivity contribution in [3.05, 3.63) is 18.6 Å². The first kappa shape index (κ1) is 10.4. The summed E-state index contributed by atoms with van der Waals surface area (Å²) >= 11 is 0. The van der Waals surface area contributed by atoms with Crippen molar-refractivity contribution in [2.24, 2.45) is 11.8 Å². The lowest BCUT2D eigenvalue weighted by atomic mass is 9.78. The minimum atomic E-state index is 0.561. The normalized spacial score (nSPS) is 31.2. The summed E-state index contributed by atoms with van der Waals surface area (Å²) < 4.78 is 0. The lowest BCUT2D eigenvalue weighted by Crippen LogP contribution is -2.35. The van der Waals surface area contributed by atoms with E-state index in [2.05, 4.69) is 29.1 Å². The molecule has 0 radical (unpaired) electrons. The monoisotopic (exact) mass is 205 g/mol. The summed E-state index contributed by atoms with van der Waals surface area (Å²) in [6.45, 7) is 4.67. The van der Waals surface area contributed by atoms with Gasteiger partial charge in [-0.15, -0.1) is 0 Å². The second-order valence-electron chi connectivity index (χ2n) is 4.61. The van der Waals surface area contributed by atoms with E-state index in [1.54, 1.807) is 18.6 Å². The fourth-order valence-electron chi connectivity index (χ4n) is 2.35. The van der Waals surface area contributed by atoms with E-state index < -0.39 is 0 Å². The predicted octanol–water partition coefficient (Wildman–Crippen LogP) is 2.71. The van der Waals surface area contributed by atoms with Crippen molar-refractivity contribution in [3.8, 4) is 0 Å². The molecule has 3 heteroatoms. The molecule has 1 aliphatic carbocycles. The molecule has 15 heavy (non-hydrogen) atoms. The molecule has 1 aromatic heterocycles. The fraction of sp³-hybridized carbons (Fsp3) is 0.667. The zero-order valence-corrected chi connectivity index (χ0v) is 9.48. The molecule has 1 saturated carbocycles. The molecule has 1 heterocycles. The highest BCUT2D eigenvalue weighted by molar-refractivity contribution is 5.31. The van der Waals surface area contributed by atoms with Crippen LogP contribution in [0.2, 0.25) is 0 Å². The van der Waals surface area contributed by atoms with Crippen molar-refractivity contribution < 1.29 is 0 Å². The smallest absolute Gasteiger partial charge is 0.144 e. The van der Waals surface area contributed by atoms with Gasteiger partial charge in [0.1, 0.15) is 5.82 Å². The summed E-state index contributed by atoms with van der Waals surface area (Å²) in [5, 5.41) is 3.49. The van der Waals surface area contributed by atoms with Crippen LogP contribution in [0.15, 0.2) is 18.6 Å². The SMILES string of the molecule is CC1CCCC(Nc2cnccn2)C1C. The summed E-state index contributed by atoms with van der Waals surface area (Å²) in [4.78, 5) is 8.33. The number of nitrogens with one attached hydrogen (secondary N) is 1. The maximum Gasteiger partial charge on any atom is 0.144 e. The molecular formula is C12H19N3. The molecule has 0 aliphatic heterocycles.